The van der Waals surface area contributed by atoms with E-state index in [1.54, 1.807) is 18.2 Å². The number of carboxylic acid groups (broad SMARTS) is 1. The Morgan fingerprint density at radius 3 is 2.47 bits per heavy atom. The molecule has 0 saturated heterocycles. The SMILES string of the molecule is Nc1ccccc1NC=O.O=C(O)c1cccnc1. The lowest BCUT2D eigenvalue weighted by atomic mass is 10.3. The van der Waals surface area contributed by atoms with E-state index in [0.717, 1.165) is 0 Å². The van der Waals surface area contributed by atoms with Gasteiger partial charge in [-0.2, -0.15) is 0 Å². The summed E-state index contributed by atoms with van der Waals surface area (Å²) in [4.78, 5) is 23.7. The number of nitrogen functional groups attached to an aromatic ring is 1. The normalized spacial score (nSPS) is 8.84. The van der Waals surface area contributed by atoms with Crippen molar-refractivity contribution < 1.29 is 14.7 Å². The standard InChI is InChI=1S/C7H8N2O.C6H5NO2/c8-6-3-1-2-4-7(6)9-5-10;8-6(9)5-2-1-3-7-4-5/h1-5H,8H2,(H,9,10);1-4H,(H,8,9). The van der Waals surface area contributed by atoms with Crippen molar-refractivity contribution in [1.29, 1.82) is 0 Å². The van der Waals surface area contributed by atoms with Gasteiger partial charge in [-0.25, -0.2) is 4.79 Å². The van der Waals surface area contributed by atoms with Crippen LogP contribution in [-0.4, -0.2) is 22.5 Å². The Bertz CT molecular complexity index is 544. The van der Waals surface area contributed by atoms with E-state index in [-0.39, 0.29) is 5.56 Å². The topological polar surface area (TPSA) is 105 Å². The number of amides is 1. The smallest absolute Gasteiger partial charge is 0.337 e. The minimum absolute atomic E-state index is 0.220. The minimum Gasteiger partial charge on any atom is -0.478 e. The van der Waals surface area contributed by atoms with E-state index in [4.69, 9.17) is 10.8 Å². The third kappa shape index (κ3) is 4.86. The fourth-order valence-corrected chi connectivity index (χ4v) is 1.18. The van der Waals surface area contributed by atoms with Gasteiger partial charge >= 0.3 is 5.97 Å². The molecule has 0 unspecified atom stereocenters. The molecular formula is C13H13N3O3. The quantitative estimate of drug-likeness (QED) is 0.573. The minimum atomic E-state index is -0.942. The van der Waals surface area contributed by atoms with Crippen LogP contribution in [-0.2, 0) is 4.79 Å². The highest BCUT2D eigenvalue weighted by Crippen LogP contribution is 2.14. The van der Waals surface area contributed by atoms with Crippen molar-refractivity contribution in [2.24, 2.45) is 0 Å². The van der Waals surface area contributed by atoms with Gasteiger partial charge in [0.15, 0.2) is 0 Å². The van der Waals surface area contributed by atoms with E-state index < -0.39 is 5.97 Å². The molecule has 6 heteroatoms. The molecular weight excluding hydrogens is 246 g/mol. The molecule has 0 aliphatic carbocycles. The highest BCUT2D eigenvalue weighted by Gasteiger charge is 1.97. The Kier molecular flexibility index (Phi) is 5.55. The Hall–Kier alpha value is -2.89. The van der Waals surface area contributed by atoms with Crippen LogP contribution in [0.4, 0.5) is 11.4 Å². The maximum Gasteiger partial charge on any atom is 0.337 e. The number of para-hydroxylation sites is 2. The number of aromatic nitrogens is 1. The van der Waals surface area contributed by atoms with Crippen LogP contribution in [0.15, 0.2) is 48.8 Å². The first kappa shape index (κ1) is 14.2. The number of carboxylic acids is 1. The molecule has 19 heavy (non-hydrogen) atoms. The van der Waals surface area contributed by atoms with Crippen molar-refractivity contribution in [2.75, 3.05) is 11.1 Å². The predicted molar refractivity (Wildman–Crippen MR) is 71.7 cm³/mol. The summed E-state index contributed by atoms with van der Waals surface area (Å²) in [5, 5.41) is 10.8. The fourth-order valence-electron chi connectivity index (χ4n) is 1.18. The molecule has 1 amide bonds. The molecule has 0 atom stereocenters. The average molecular weight is 259 g/mol. The Morgan fingerprint density at radius 2 is 2.00 bits per heavy atom. The van der Waals surface area contributed by atoms with Crippen LogP contribution in [0.2, 0.25) is 0 Å². The van der Waals surface area contributed by atoms with Gasteiger partial charge in [0, 0.05) is 12.4 Å². The van der Waals surface area contributed by atoms with Crippen LogP contribution >= 0.6 is 0 Å². The van der Waals surface area contributed by atoms with Crippen LogP contribution in [0.3, 0.4) is 0 Å². The number of carbonyl (C=O) groups is 2. The molecule has 1 aromatic carbocycles. The molecule has 98 valence electrons. The number of carbonyl (C=O) groups excluding carboxylic acids is 1. The summed E-state index contributed by atoms with van der Waals surface area (Å²) in [6.45, 7) is 0. The molecule has 0 spiro atoms. The molecule has 1 heterocycles. The first-order valence-electron chi connectivity index (χ1n) is 5.33. The lowest BCUT2D eigenvalue weighted by molar-refractivity contribution is -0.105. The van der Waals surface area contributed by atoms with Gasteiger partial charge in [0.25, 0.3) is 0 Å². The van der Waals surface area contributed by atoms with E-state index in [1.165, 1.54) is 18.5 Å². The first-order valence-corrected chi connectivity index (χ1v) is 5.33. The second-order valence-electron chi connectivity index (χ2n) is 3.40. The summed E-state index contributed by atoms with van der Waals surface area (Å²) in [6.07, 6.45) is 3.44. The number of hydrogen-bond acceptors (Lipinski definition) is 4. The molecule has 0 radical (unpaired) electrons. The van der Waals surface area contributed by atoms with Gasteiger partial charge in [-0.05, 0) is 24.3 Å². The lowest BCUT2D eigenvalue weighted by Crippen LogP contribution is -1.97. The van der Waals surface area contributed by atoms with Gasteiger partial charge in [0.1, 0.15) is 0 Å². The van der Waals surface area contributed by atoms with Crippen LogP contribution in [0, 0.1) is 0 Å². The number of nitrogens with zero attached hydrogens (tertiary/aromatic N) is 1. The number of rotatable bonds is 3. The maximum absolute atomic E-state index is 10.2. The maximum atomic E-state index is 10.2. The largest absolute Gasteiger partial charge is 0.478 e. The van der Waals surface area contributed by atoms with Gasteiger partial charge in [-0.1, -0.05) is 12.1 Å². The lowest BCUT2D eigenvalue weighted by Gasteiger charge is -2.00. The van der Waals surface area contributed by atoms with Crippen molar-refractivity contribution in [3.63, 3.8) is 0 Å². The number of hydrogen-bond donors (Lipinski definition) is 3. The third-order valence-electron chi connectivity index (χ3n) is 2.08. The number of aromatic carboxylic acids is 1. The van der Waals surface area contributed by atoms with Crippen LogP contribution in [0.1, 0.15) is 10.4 Å². The summed E-state index contributed by atoms with van der Waals surface area (Å²) >= 11 is 0. The zero-order chi connectivity index (χ0) is 14.1. The molecule has 4 N–H and O–H groups in total. The molecule has 6 nitrogen and oxygen atoms in total. The van der Waals surface area contributed by atoms with Crippen LogP contribution in [0.5, 0.6) is 0 Å². The molecule has 0 fully saturated rings. The number of anilines is 2. The van der Waals surface area contributed by atoms with Gasteiger partial charge in [0.2, 0.25) is 6.41 Å². The van der Waals surface area contributed by atoms with Gasteiger partial charge in [-0.15, -0.1) is 0 Å². The summed E-state index contributed by atoms with van der Waals surface area (Å²) in [5.41, 5.74) is 6.93. The Balaban J connectivity index is 0.000000191. The number of nitrogens with one attached hydrogen (secondary N) is 1. The van der Waals surface area contributed by atoms with Crippen molar-refractivity contribution >= 4 is 23.8 Å². The third-order valence-corrected chi connectivity index (χ3v) is 2.08. The van der Waals surface area contributed by atoms with E-state index >= 15 is 0 Å². The van der Waals surface area contributed by atoms with Gasteiger partial charge < -0.3 is 16.2 Å². The van der Waals surface area contributed by atoms with E-state index in [0.29, 0.717) is 17.8 Å². The molecule has 0 bridgehead atoms. The fraction of sp³-hybridized carbons (Fsp3) is 0. The van der Waals surface area contributed by atoms with Crippen molar-refractivity contribution in [3.05, 3.63) is 54.4 Å². The van der Waals surface area contributed by atoms with Crippen molar-refractivity contribution in [2.45, 2.75) is 0 Å². The second-order valence-corrected chi connectivity index (χ2v) is 3.40. The monoisotopic (exact) mass is 259 g/mol. The van der Waals surface area contributed by atoms with E-state index in [1.807, 2.05) is 12.1 Å². The molecule has 2 aromatic rings. The number of benzene rings is 1. The van der Waals surface area contributed by atoms with Gasteiger partial charge in [0.05, 0.1) is 16.9 Å². The van der Waals surface area contributed by atoms with Crippen LogP contribution < -0.4 is 11.1 Å². The summed E-state index contributed by atoms with van der Waals surface area (Å²) in [7, 11) is 0. The zero-order valence-electron chi connectivity index (χ0n) is 9.98. The molecule has 0 aliphatic heterocycles. The molecule has 0 aliphatic rings. The van der Waals surface area contributed by atoms with E-state index in [2.05, 4.69) is 10.3 Å². The Morgan fingerprint density at radius 1 is 1.26 bits per heavy atom. The second kappa shape index (κ2) is 7.44. The van der Waals surface area contributed by atoms with Crippen molar-refractivity contribution in [1.82, 2.24) is 4.98 Å². The predicted octanol–water partition coefficient (Wildman–Crippen LogP) is 1.62. The summed E-state index contributed by atoms with van der Waals surface area (Å²) in [6, 6.07) is 10.2. The molecule has 1 aromatic heterocycles. The highest BCUT2D eigenvalue weighted by molar-refractivity contribution is 5.86. The summed E-state index contributed by atoms with van der Waals surface area (Å²) < 4.78 is 0. The Labute approximate surface area is 109 Å². The first-order chi connectivity index (χ1) is 9.15. The van der Waals surface area contributed by atoms with Crippen LogP contribution in [0.25, 0.3) is 0 Å². The van der Waals surface area contributed by atoms with Gasteiger partial charge in [-0.3, -0.25) is 9.78 Å². The highest BCUT2D eigenvalue weighted by atomic mass is 16.4. The summed E-state index contributed by atoms with van der Waals surface area (Å²) in [5.74, 6) is -0.942. The molecule has 0 saturated carbocycles. The zero-order valence-corrected chi connectivity index (χ0v) is 9.98. The van der Waals surface area contributed by atoms with Crippen molar-refractivity contribution in [3.8, 4) is 0 Å². The average Bonchev–Trinajstić information content (AvgIpc) is 2.43. The number of nitrogens with two attached hydrogens (primary N) is 1. The molecule has 2 rings (SSSR count). The van der Waals surface area contributed by atoms with E-state index in [9.17, 15) is 9.59 Å². The number of pyridine rings is 1.